The number of hydrogen-bond acceptors (Lipinski definition) is 4. The standard InChI is InChI=1S/C18H26N2O4/c1-4-6-12-20(14(3)21)13-11-17(22)19-16-9-7-15(8-10-16)18(23)24-5-2/h7-10H,4-6,11-13H2,1-3H3,(H,19,22). The van der Waals surface area contributed by atoms with Gasteiger partial charge in [-0.1, -0.05) is 13.3 Å². The maximum atomic E-state index is 12.0. The number of carbonyl (C=O) groups is 3. The third-order valence-electron chi connectivity index (χ3n) is 3.52. The summed E-state index contributed by atoms with van der Waals surface area (Å²) in [6.07, 6.45) is 2.17. The molecule has 1 aromatic rings. The molecule has 6 nitrogen and oxygen atoms in total. The number of rotatable bonds is 9. The fourth-order valence-corrected chi connectivity index (χ4v) is 2.14. The summed E-state index contributed by atoms with van der Waals surface area (Å²) in [7, 11) is 0. The largest absolute Gasteiger partial charge is 0.462 e. The van der Waals surface area contributed by atoms with Crippen molar-refractivity contribution >= 4 is 23.5 Å². The number of benzene rings is 1. The molecule has 0 radical (unpaired) electrons. The summed E-state index contributed by atoms with van der Waals surface area (Å²) in [5.41, 5.74) is 1.05. The lowest BCUT2D eigenvalue weighted by atomic mass is 10.2. The number of esters is 1. The van der Waals surface area contributed by atoms with E-state index in [0.717, 1.165) is 12.8 Å². The Kier molecular flexibility index (Phi) is 8.54. The highest BCUT2D eigenvalue weighted by atomic mass is 16.5. The lowest BCUT2D eigenvalue weighted by Crippen LogP contribution is -2.32. The Balaban J connectivity index is 2.49. The van der Waals surface area contributed by atoms with Crippen LogP contribution in [0.5, 0.6) is 0 Å². The van der Waals surface area contributed by atoms with Gasteiger partial charge in [-0.15, -0.1) is 0 Å². The van der Waals surface area contributed by atoms with E-state index in [1.165, 1.54) is 6.92 Å². The van der Waals surface area contributed by atoms with Gasteiger partial charge < -0.3 is 15.0 Å². The van der Waals surface area contributed by atoms with E-state index in [1.807, 2.05) is 0 Å². The molecule has 0 unspecified atom stereocenters. The van der Waals surface area contributed by atoms with Crippen LogP contribution in [0.15, 0.2) is 24.3 Å². The highest BCUT2D eigenvalue weighted by Gasteiger charge is 2.11. The van der Waals surface area contributed by atoms with E-state index in [1.54, 1.807) is 36.1 Å². The van der Waals surface area contributed by atoms with Crippen molar-refractivity contribution in [1.29, 1.82) is 0 Å². The fourth-order valence-electron chi connectivity index (χ4n) is 2.14. The number of nitrogens with zero attached hydrogens (tertiary/aromatic N) is 1. The number of hydrogen-bond donors (Lipinski definition) is 1. The van der Waals surface area contributed by atoms with Crippen LogP contribution in [0.2, 0.25) is 0 Å². The maximum Gasteiger partial charge on any atom is 0.338 e. The predicted molar refractivity (Wildman–Crippen MR) is 92.8 cm³/mol. The summed E-state index contributed by atoms with van der Waals surface area (Å²) in [5, 5.41) is 2.76. The van der Waals surface area contributed by atoms with Gasteiger partial charge in [0.05, 0.1) is 12.2 Å². The van der Waals surface area contributed by atoms with Crippen molar-refractivity contribution in [1.82, 2.24) is 4.90 Å². The lowest BCUT2D eigenvalue weighted by molar-refractivity contribution is -0.129. The minimum absolute atomic E-state index is 0.0185. The van der Waals surface area contributed by atoms with Crippen molar-refractivity contribution in [3.05, 3.63) is 29.8 Å². The Labute approximate surface area is 143 Å². The molecule has 0 spiro atoms. The van der Waals surface area contributed by atoms with E-state index >= 15 is 0 Å². The van der Waals surface area contributed by atoms with E-state index in [9.17, 15) is 14.4 Å². The number of anilines is 1. The second kappa shape index (κ2) is 10.4. The molecule has 0 aliphatic heterocycles. The van der Waals surface area contributed by atoms with Crippen LogP contribution in [0.25, 0.3) is 0 Å². The first-order chi connectivity index (χ1) is 11.5. The zero-order valence-corrected chi connectivity index (χ0v) is 14.6. The van der Waals surface area contributed by atoms with Crippen molar-refractivity contribution < 1.29 is 19.1 Å². The van der Waals surface area contributed by atoms with Gasteiger partial charge in [0, 0.05) is 32.1 Å². The molecular weight excluding hydrogens is 308 g/mol. The van der Waals surface area contributed by atoms with Crippen LogP contribution in [0.4, 0.5) is 5.69 Å². The molecule has 0 heterocycles. The molecule has 0 saturated carbocycles. The molecule has 0 saturated heterocycles. The SMILES string of the molecule is CCCCN(CCC(=O)Nc1ccc(C(=O)OCC)cc1)C(C)=O. The van der Waals surface area contributed by atoms with Crippen LogP contribution in [0.1, 0.15) is 50.4 Å². The number of carbonyl (C=O) groups excluding carboxylic acids is 3. The molecule has 1 N–H and O–H groups in total. The molecule has 1 rings (SSSR count). The minimum Gasteiger partial charge on any atom is -0.462 e. The van der Waals surface area contributed by atoms with Gasteiger partial charge in [-0.3, -0.25) is 9.59 Å². The normalized spacial score (nSPS) is 10.1. The van der Waals surface area contributed by atoms with E-state index < -0.39 is 0 Å². The second-order valence-corrected chi connectivity index (χ2v) is 5.46. The Morgan fingerprint density at radius 1 is 1.08 bits per heavy atom. The highest BCUT2D eigenvalue weighted by Crippen LogP contribution is 2.11. The van der Waals surface area contributed by atoms with Gasteiger partial charge in [0.25, 0.3) is 0 Å². The van der Waals surface area contributed by atoms with Crippen LogP contribution in [0.3, 0.4) is 0 Å². The van der Waals surface area contributed by atoms with E-state index in [2.05, 4.69) is 12.2 Å². The average Bonchev–Trinajstić information content (AvgIpc) is 2.55. The minimum atomic E-state index is -0.386. The third-order valence-corrected chi connectivity index (χ3v) is 3.52. The van der Waals surface area contributed by atoms with Gasteiger partial charge in [-0.2, -0.15) is 0 Å². The van der Waals surface area contributed by atoms with Crippen LogP contribution in [-0.4, -0.2) is 42.4 Å². The van der Waals surface area contributed by atoms with Crippen LogP contribution < -0.4 is 5.32 Å². The Morgan fingerprint density at radius 2 is 1.75 bits per heavy atom. The van der Waals surface area contributed by atoms with Crippen molar-refractivity contribution in [3.8, 4) is 0 Å². The van der Waals surface area contributed by atoms with Crippen LogP contribution >= 0.6 is 0 Å². The molecule has 0 aromatic heterocycles. The van der Waals surface area contributed by atoms with Crippen molar-refractivity contribution in [2.24, 2.45) is 0 Å². The monoisotopic (exact) mass is 334 g/mol. The van der Waals surface area contributed by atoms with Gasteiger partial charge in [0.2, 0.25) is 11.8 Å². The van der Waals surface area contributed by atoms with Crippen molar-refractivity contribution in [2.45, 2.75) is 40.0 Å². The number of nitrogens with one attached hydrogen (secondary N) is 1. The third kappa shape index (κ3) is 6.81. The summed E-state index contributed by atoms with van der Waals surface area (Å²) in [4.78, 5) is 36.8. The number of ether oxygens (including phenoxy) is 1. The molecule has 6 heteroatoms. The van der Waals surface area contributed by atoms with Gasteiger partial charge in [-0.05, 0) is 37.6 Å². The summed E-state index contributed by atoms with van der Waals surface area (Å²) in [6.45, 7) is 6.72. The Bertz CT molecular complexity index is 555. The molecule has 0 aliphatic rings. The zero-order valence-electron chi connectivity index (χ0n) is 14.6. The summed E-state index contributed by atoms with van der Waals surface area (Å²) in [5.74, 6) is -0.569. The van der Waals surface area contributed by atoms with Crippen molar-refractivity contribution in [3.63, 3.8) is 0 Å². The quantitative estimate of drug-likeness (QED) is 0.705. The predicted octanol–water partition coefficient (Wildman–Crippen LogP) is 2.84. The van der Waals surface area contributed by atoms with Crippen LogP contribution in [-0.2, 0) is 14.3 Å². The van der Waals surface area contributed by atoms with E-state index in [-0.39, 0.29) is 24.2 Å². The maximum absolute atomic E-state index is 12.0. The summed E-state index contributed by atoms with van der Waals surface area (Å²) >= 11 is 0. The Hall–Kier alpha value is -2.37. The molecule has 132 valence electrons. The van der Waals surface area contributed by atoms with Gasteiger partial charge in [-0.25, -0.2) is 4.79 Å². The van der Waals surface area contributed by atoms with Gasteiger partial charge in [0.1, 0.15) is 0 Å². The molecular formula is C18H26N2O4. The van der Waals surface area contributed by atoms with E-state index in [4.69, 9.17) is 4.74 Å². The topological polar surface area (TPSA) is 75.7 Å². The smallest absolute Gasteiger partial charge is 0.338 e. The highest BCUT2D eigenvalue weighted by molar-refractivity contribution is 5.93. The van der Waals surface area contributed by atoms with Gasteiger partial charge >= 0.3 is 5.97 Å². The van der Waals surface area contributed by atoms with Crippen LogP contribution in [0, 0.1) is 0 Å². The van der Waals surface area contributed by atoms with Crippen molar-refractivity contribution in [2.75, 3.05) is 25.0 Å². The molecule has 0 bridgehead atoms. The number of unbranched alkanes of at least 4 members (excludes halogenated alkanes) is 1. The first kappa shape index (κ1) is 19.7. The number of amides is 2. The zero-order chi connectivity index (χ0) is 17.9. The summed E-state index contributed by atoms with van der Waals surface area (Å²) in [6, 6.07) is 6.53. The molecule has 1 aromatic carbocycles. The molecule has 0 aliphatic carbocycles. The molecule has 24 heavy (non-hydrogen) atoms. The second-order valence-electron chi connectivity index (χ2n) is 5.46. The fraction of sp³-hybridized carbons (Fsp3) is 0.500. The lowest BCUT2D eigenvalue weighted by Gasteiger charge is -2.20. The molecule has 0 fully saturated rings. The summed E-state index contributed by atoms with van der Waals surface area (Å²) < 4.78 is 4.90. The Morgan fingerprint density at radius 3 is 2.29 bits per heavy atom. The first-order valence-electron chi connectivity index (χ1n) is 8.30. The molecule has 2 amide bonds. The van der Waals surface area contributed by atoms with Gasteiger partial charge in [0.15, 0.2) is 0 Å². The van der Waals surface area contributed by atoms with E-state index in [0.29, 0.717) is 30.9 Å². The first-order valence-corrected chi connectivity index (χ1v) is 8.30. The molecule has 0 atom stereocenters. The average molecular weight is 334 g/mol.